The third kappa shape index (κ3) is 2.46. The molecule has 1 aliphatic heterocycles. The number of aliphatic carboxylic acids is 1. The van der Waals surface area contributed by atoms with Crippen LogP contribution in [0.15, 0.2) is 0 Å². The first kappa shape index (κ1) is 14.5. The zero-order valence-electron chi connectivity index (χ0n) is 11.8. The van der Waals surface area contributed by atoms with Crippen LogP contribution in [0.5, 0.6) is 0 Å². The van der Waals surface area contributed by atoms with E-state index in [1.54, 1.807) is 0 Å². The van der Waals surface area contributed by atoms with Gasteiger partial charge in [0.1, 0.15) is 0 Å². The summed E-state index contributed by atoms with van der Waals surface area (Å²) in [5.74, 6) is -3.54. The standard InChI is InChI=1S/C14H20F2N2O3/c15-14(16)4-9(5-14)6-17-12(21)18-7-10-2-1-3-13(10,8-18)11(19)20/h9-10H,1-8H2,(H,17,21)(H,19,20)/t10-,13+/m0/s1. The van der Waals surface area contributed by atoms with Crippen molar-refractivity contribution in [3.05, 3.63) is 0 Å². The van der Waals surface area contributed by atoms with Gasteiger partial charge in [-0.05, 0) is 24.7 Å². The van der Waals surface area contributed by atoms with E-state index in [0.29, 0.717) is 13.0 Å². The Hall–Kier alpha value is -1.40. The normalized spacial score (nSPS) is 34.4. The van der Waals surface area contributed by atoms with E-state index in [2.05, 4.69) is 5.32 Å². The number of nitrogens with one attached hydrogen (secondary N) is 1. The number of alkyl halides is 2. The molecule has 21 heavy (non-hydrogen) atoms. The highest BCUT2D eigenvalue weighted by atomic mass is 19.3. The van der Waals surface area contributed by atoms with Gasteiger partial charge < -0.3 is 15.3 Å². The van der Waals surface area contributed by atoms with E-state index >= 15 is 0 Å². The van der Waals surface area contributed by atoms with Gasteiger partial charge in [-0.3, -0.25) is 4.79 Å². The van der Waals surface area contributed by atoms with Crippen LogP contribution in [0, 0.1) is 17.3 Å². The van der Waals surface area contributed by atoms with Crippen molar-refractivity contribution in [3.63, 3.8) is 0 Å². The van der Waals surface area contributed by atoms with E-state index < -0.39 is 17.3 Å². The van der Waals surface area contributed by atoms with Crippen LogP contribution in [0.25, 0.3) is 0 Å². The quantitative estimate of drug-likeness (QED) is 0.837. The lowest BCUT2D eigenvalue weighted by molar-refractivity contribution is -0.149. The maximum atomic E-state index is 12.7. The van der Waals surface area contributed by atoms with Crippen LogP contribution >= 0.6 is 0 Å². The van der Waals surface area contributed by atoms with E-state index in [0.717, 1.165) is 12.8 Å². The first-order chi connectivity index (χ1) is 9.82. The van der Waals surface area contributed by atoms with Crippen molar-refractivity contribution in [1.29, 1.82) is 0 Å². The minimum absolute atomic E-state index is 0.0220. The predicted octanol–water partition coefficient (Wildman–Crippen LogP) is 1.93. The van der Waals surface area contributed by atoms with Gasteiger partial charge in [-0.15, -0.1) is 0 Å². The number of fused-ring (bicyclic) bond motifs is 1. The van der Waals surface area contributed by atoms with Crippen LogP contribution in [0.3, 0.4) is 0 Å². The molecule has 3 fully saturated rings. The van der Waals surface area contributed by atoms with Gasteiger partial charge in [0.2, 0.25) is 5.92 Å². The molecule has 2 aliphatic carbocycles. The Morgan fingerprint density at radius 3 is 2.62 bits per heavy atom. The van der Waals surface area contributed by atoms with E-state index in [1.807, 2.05) is 0 Å². The molecule has 2 saturated carbocycles. The fraction of sp³-hybridized carbons (Fsp3) is 0.857. The SMILES string of the molecule is O=C(NCC1CC(F)(F)C1)N1C[C@@H]2CCC[C@@]2(C(=O)O)C1. The number of hydrogen-bond donors (Lipinski definition) is 2. The third-order valence-electron chi connectivity index (χ3n) is 5.30. The lowest BCUT2D eigenvalue weighted by Crippen LogP contribution is -2.46. The second-order valence-corrected chi connectivity index (χ2v) is 6.75. The predicted molar refractivity (Wildman–Crippen MR) is 70.1 cm³/mol. The maximum Gasteiger partial charge on any atom is 0.317 e. The van der Waals surface area contributed by atoms with Crippen molar-refractivity contribution in [1.82, 2.24) is 10.2 Å². The number of carboxylic acid groups (broad SMARTS) is 1. The fourth-order valence-corrected chi connectivity index (χ4v) is 4.07. The Labute approximate surface area is 121 Å². The molecule has 2 N–H and O–H groups in total. The number of halogens is 2. The largest absolute Gasteiger partial charge is 0.481 e. The lowest BCUT2D eigenvalue weighted by atomic mass is 9.81. The molecule has 1 heterocycles. The Balaban J connectivity index is 1.52. The van der Waals surface area contributed by atoms with E-state index in [4.69, 9.17) is 0 Å². The molecule has 0 bridgehead atoms. The van der Waals surface area contributed by atoms with Crippen molar-refractivity contribution in [3.8, 4) is 0 Å². The molecule has 0 aromatic carbocycles. The zero-order chi connectivity index (χ0) is 15.3. The summed E-state index contributed by atoms with van der Waals surface area (Å²) < 4.78 is 25.4. The Kier molecular flexibility index (Phi) is 3.33. The number of hydrogen-bond acceptors (Lipinski definition) is 2. The van der Waals surface area contributed by atoms with Gasteiger partial charge in [0.05, 0.1) is 5.41 Å². The highest BCUT2D eigenvalue weighted by Crippen LogP contribution is 2.49. The Morgan fingerprint density at radius 1 is 1.33 bits per heavy atom. The average molecular weight is 302 g/mol. The smallest absolute Gasteiger partial charge is 0.317 e. The van der Waals surface area contributed by atoms with E-state index in [-0.39, 0.29) is 43.8 Å². The van der Waals surface area contributed by atoms with Crippen LogP contribution < -0.4 is 5.32 Å². The molecule has 0 radical (unpaired) electrons. The van der Waals surface area contributed by atoms with Crippen molar-refractivity contribution in [2.75, 3.05) is 19.6 Å². The van der Waals surface area contributed by atoms with Crippen molar-refractivity contribution < 1.29 is 23.5 Å². The van der Waals surface area contributed by atoms with Gasteiger partial charge in [0.15, 0.2) is 0 Å². The number of rotatable bonds is 3. The molecule has 5 nitrogen and oxygen atoms in total. The molecule has 3 rings (SSSR count). The number of carbonyl (C=O) groups is 2. The molecule has 7 heteroatoms. The van der Waals surface area contributed by atoms with Gasteiger partial charge in [-0.1, -0.05) is 6.42 Å². The number of carbonyl (C=O) groups excluding carboxylic acids is 1. The second kappa shape index (κ2) is 4.81. The summed E-state index contributed by atoms with van der Waals surface area (Å²) in [6, 6.07) is -0.319. The first-order valence-electron chi connectivity index (χ1n) is 7.46. The lowest BCUT2D eigenvalue weighted by Gasteiger charge is -2.35. The number of nitrogens with zero attached hydrogens (tertiary/aromatic N) is 1. The van der Waals surface area contributed by atoms with Gasteiger partial charge in [-0.2, -0.15) is 0 Å². The number of carboxylic acids is 1. The van der Waals surface area contributed by atoms with Crippen molar-refractivity contribution >= 4 is 12.0 Å². The molecule has 2 amide bonds. The van der Waals surface area contributed by atoms with Gasteiger partial charge >= 0.3 is 12.0 Å². The highest BCUT2D eigenvalue weighted by Gasteiger charge is 2.56. The Bertz CT molecular complexity index is 463. The van der Waals surface area contributed by atoms with Crippen LogP contribution in [0.1, 0.15) is 32.1 Å². The van der Waals surface area contributed by atoms with Gasteiger partial charge in [-0.25, -0.2) is 13.6 Å². The summed E-state index contributed by atoms with van der Waals surface area (Å²) in [6.07, 6.45) is 2.00. The fourth-order valence-electron chi connectivity index (χ4n) is 4.07. The van der Waals surface area contributed by atoms with Crippen LogP contribution in [-0.2, 0) is 4.79 Å². The van der Waals surface area contributed by atoms with Crippen LogP contribution in [-0.4, -0.2) is 47.6 Å². The molecular weight excluding hydrogens is 282 g/mol. The molecule has 3 aliphatic rings. The number of amides is 2. The number of likely N-dealkylation sites (tertiary alicyclic amines) is 1. The molecular formula is C14H20F2N2O3. The maximum absolute atomic E-state index is 12.7. The summed E-state index contributed by atoms with van der Waals surface area (Å²) >= 11 is 0. The van der Waals surface area contributed by atoms with Gasteiger partial charge in [0, 0.05) is 32.5 Å². The molecule has 1 saturated heterocycles. The molecule has 118 valence electrons. The van der Waals surface area contributed by atoms with E-state index in [9.17, 15) is 23.5 Å². The molecule has 0 spiro atoms. The Morgan fingerprint density at radius 2 is 2.05 bits per heavy atom. The zero-order valence-corrected chi connectivity index (χ0v) is 11.8. The van der Waals surface area contributed by atoms with Crippen molar-refractivity contribution in [2.45, 2.75) is 38.0 Å². The molecule has 0 aromatic rings. The minimum Gasteiger partial charge on any atom is -0.481 e. The molecule has 2 atom stereocenters. The number of urea groups is 1. The summed E-state index contributed by atoms with van der Waals surface area (Å²) in [5, 5.41) is 12.1. The van der Waals surface area contributed by atoms with Crippen molar-refractivity contribution in [2.24, 2.45) is 17.3 Å². The minimum atomic E-state index is -2.58. The summed E-state index contributed by atoms with van der Waals surface area (Å²) in [5.41, 5.74) is -0.791. The average Bonchev–Trinajstić information content (AvgIpc) is 2.90. The topological polar surface area (TPSA) is 69.6 Å². The van der Waals surface area contributed by atoms with Crippen LogP contribution in [0.4, 0.5) is 13.6 Å². The second-order valence-electron chi connectivity index (χ2n) is 6.75. The summed E-state index contributed by atoms with van der Waals surface area (Å²) in [7, 11) is 0. The van der Waals surface area contributed by atoms with Crippen LogP contribution in [0.2, 0.25) is 0 Å². The third-order valence-corrected chi connectivity index (χ3v) is 5.30. The monoisotopic (exact) mass is 302 g/mol. The van der Waals surface area contributed by atoms with Gasteiger partial charge in [0.25, 0.3) is 0 Å². The summed E-state index contributed by atoms with van der Waals surface area (Å²) in [6.45, 7) is 0.939. The highest BCUT2D eigenvalue weighted by molar-refractivity contribution is 5.80. The molecule has 0 unspecified atom stereocenters. The first-order valence-corrected chi connectivity index (χ1v) is 7.46. The molecule has 0 aromatic heterocycles. The summed E-state index contributed by atoms with van der Waals surface area (Å²) in [4.78, 5) is 25.1. The van der Waals surface area contributed by atoms with E-state index in [1.165, 1.54) is 4.90 Å².